The summed E-state index contributed by atoms with van der Waals surface area (Å²) in [5, 5.41) is 11.9. The van der Waals surface area contributed by atoms with E-state index in [1.165, 1.54) is 0 Å². The van der Waals surface area contributed by atoms with E-state index >= 15 is 0 Å². The zero-order chi connectivity index (χ0) is 13.7. The second kappa shape index (κ2) is 3.70. The Morgan fingerprint density at radius 3 is 3.20 bits per heavy atom. The summed E-state index contributed by atoms with van der Waals surface area (Å²) in [5.74, 6) is -0.0101. The summed E-state index contributed by atoms with van der Waals surface area (Å²) in [4.78, 5) is 16.8. The number of nitrogens with zero attached hydrogens (tertiary/aromatic N) is 3. The monoisotopic (exact) mass is 264 g/mol. The molecule has 98 valence electrons. The second-order valence-electron chi connectivity index (χ2n) is 5.31. The number of hydrogen-bond donors (Lipinski definition) is 1. The smallest absolute Gasteiger partial charge is 0.241 e. The van der Waals surface area contributed by atoms with Crippen molar-refractivity contribution < 1.29 is 4.79 Å². The van der Waals surface area contributed by atoms with Crippen LogP contribution in [0.5, 0.6) is 0 Å². The van der Waals surface area contributed by atoms with Gasteiger partial charge in [0.05, 0.1) is 23.7 Å². The molecule has 0 saturated carbocycles. The molecule has 2 aliphatic rings. The van der Waals surface area contributed by atoms with E-state index in [9.17, 15) is 4.79 Å². The molecule has 1 aromatic heterocycles. The third kappa shape index (κ3) is 1.21. The Morgan fingerprint density at radius 1 is 1.45 bits per heavy atom. The minimum Gasteiger partial charge on any atom is -0.333 e. The summed E-state index contributed by atoms with van der Waals surface area (Å²) in [5.41, 5.74) is 2.58. The van der Waals surface area contributed by atoms with Crippen molar-refractivity contribution >= 4 is 11.6 Å². The number of anilines is 1. The number of imidazole rings is 1. The number of benzene rings is 1. The molecule has 2 aromatic rings. The lowest BCUT2D eigenvalue weighted by atomic mass is 9.73. The van der Waals surface area contributed by atoms with Crippen molar-refractivity contribution in [1.82, 2.24) is 9.55 Å². The average Bonchev–Trinajstić information content (AvgIpc) is 3.04. The van der Waals surface area contributed by atoms with Crippen LogP contribution in [0.3, 0.4) is 0 Å². The molecular weight excluding hydrogens is 252 g/mol. The van der Waals surface area contributed by atoms with Crippen LogP contribution in [-0.2, 0) is 16.8 Å². The van der Waals surface area contributed by atoms with E-state index in [-0.39, 0.29) is 5.91 Å². The number of rotatable bonds is 0. The van der Waals surface area contributed by atoms with Crippen molar-refractivity contribution in [3.8, 4) is 6.07 Å². The Hall–Kier alpha value is -2.61. The number of fused-ring (bicyclic) bond motifs is 4. The Morgan fingerprint density at radius 2 is 2.35 bits per heavy atom. The van der Waals surface area contributed by atoms with E-state index in [2.05, 4.69) is 20.9 Å². The van der Waals surface area contributed by atoms with Gasteiger partial charge in [-0.1, -0.05) is 6.07 Å². The highest BCUT2D eigenvalue weighted by Gasteiger charge is 2.51. The number of hydrogen-bond acceptors (Lipinski definition) is 3. The van der Waals surface area contributed by atoms with Gasteiger partial charge in [-0.15, -0.1) is 0 Å². The van der Waals surface area contributed by atoms with Gasteiger partial charge >= 0.3 is 0 Å². The first-order valence-corrected chi connectivity index (χ1v) is 6.62. The van der Waals surface area contributed by atoms with Crippen LogP contribution in [0, 0.1) is 11.3 Å². The van der Waals surface area contributed by atoms with Crippen molar-refractivity contribution in [2.24, 2.45) is 0 Å². The van der Waals surface area contributed by atoms with Crippen molar-refractivity contribution in [3.63, 3.8) is 0 Å². The number of nitrogens with one attached hydrogen (secondary N) is 1. The molecule has 2 aliphatic heterocycles. The van der Waals surface area contributed by atoms with Gasteiger partial charge in [0.15, 0.2) is 0 Å². The number of carbonyl (C=O) groups excluding carboxylic acids is 1. The molecule has 4 rings (SSSR count). The van der Waals surface area contributed by atoms with Gasteiger partial charge in [-0.3, -0.25) is 4.79 Å². The lowest BCUT2D eigenvalue weighted by Crippen LogP contribution is -2.40. The first-order chi connectivity index (χ1) is 9.75. The van der Waals surface area contributed by atoms with Gasteiger partial charge in [0.25, 0.3) is 0 Å². The van der Waals surface area contributed by atoms with Crippen LogP contribution in [0.4, 0.5) is 5.69 Å². The van der Waals surface area contributed by atoms with Gasteiger partial charge in [-0.2, -0.15) is 5.26 Å². The summed E-state index contributed by atoms with van der Waals surface area (Å²) in [6, 6.07) is 7.53. The standard InChI is InChI=1S/C15H12N4O/c16-7-10-2-3-11-12(6-10)18-14(20)15(11)4-1-5-19-9-17-8-13(15)19/h2-3,6,8-9H,1,4-5H2,(H,18,20). The lowest BCUT2D eigenvalue weighted by molar-refractivity contribution is -0.120. The number of aryl methyl sites for hydroxylation is 1. The van der Waals surface area contributed by atoms with Crippen LogP contribution in [0.2, 0.25) is 0 Å². The topological polar surface area (TPSA) is 70.7 Å². The second-order valence-corrected chi connectivity index (χ2v) is 5.31. The van der Waals surface area contributed by atoms with Crippen molar-refractivity contribution in [3.05, 3.63) is 47.5 Å². The van der Waals surface area contributed by atoms with E-state index in [4.69, 9.17) is 5.26 Å². The number of amides is 1. The minimum atomic E-state index is -0.641. The highest BCUT2D eigenvalue weighted by molar-refractivity contribution is 6.08. The van der Waals surface area contributed by atoms with E-state index in [1.54, 1.807) is 24.7 Å². The molecule has 20 heavy (non-hydrogen) atoms. The van der Waals surface area contributed by atoms with Gasteiger partial charge in [0.2, 0.25) is 5.91 Å². The van der Waals surface area contributed by atoms with Gasteiger partial charge in [0, 0.05) is 18.4 Å². The SMILES string of the molecule is N#Cc1ccc2c(c1)NC(=O)C21CCCn2cncc21. The number of carbonyl (C=O) groups is 1. The fourth-order valence-corrected chi connectivity index (χ4v) is 3.44. The quantitative estimate of drug-likeness (QED) is 0.788. The maximum Gasteiger partial charge on any atom is 0.241 e. The van der Waals surface area contributed by atoms with Gasteiger partial charge in [-0.05, 0) is 30.5 Å². The Labute approximate surface area is 115 Å². The van der Waals surface area contributed by atoms with Crippen molar-refractivity contribution in [2.45, 2.75) is 24.8 Å². The summed E-state index contributed by atoms with van der Waals surface area (Å²) in [7, 11) is 0. The molecule has 1 amide bonds. The van der Waals surface area contributed by atoms with Crippen LogP contribution in [-0.4, -0.2) is 15.5 Å². The number of nitriles is 1. The van der Waals surface area contributed by atoms with E-state index in [1.807, 2.05) is 6.07 Å². The fourth-order valence-electron chi connectivity index (χ4n) is 3.44. The Kier molecular flexibility index (Phi) is 2.08. The average molecular weight is 264 g/mol. The summed E-state index contributed by atoms with van der Waals surface area (Å²) < 4.78 is 2.05. The van der Waals surface area contributed by atoms with Gasteiger partial charge < -0.3 is 9.88 Å². The molecule has 0 radical (unpaired) electrons. The first kappa shape index (κ1) is 11.2. The molecule has 1 spiro atoms. The number of aromatic nitrogens is 2. The molecule has 0 aliphatic carbocycles. The summed E-state index contributed by atoms with van der Waals surface area (Å²) >= 11 is 0. The largest absolute Gasteiger partial charge is 0.333 e. The highest BCUT2D eigenvalue weighted by atomic mass is 16.2. The van der Waals surface area contributed by atoms with E-state index < -0.39 is 5.41 Å². The van der Waals surface area contributed by atoms with Crippen LogP contribution >= 0.6 is 0 Å². The summed E-state index contributed by atoms with van der Waals surface area (Å²) in [6.45, 7) is 0.899. The third-order valence-electron chi connectivity index (χ3n) is 4.34. The van der Waals surface area contributed by atoms with Crippen molar-refractivity contribution in [1.29, 1.82) is 5.26 Å². The molecule has 5 nitrogen and oxygen atoms in total. The lowest BCUT2D eigenvalue weighted by Gasteiger charge is -2.32. The zero-order valence-electron chi connectivity index (χ0n) is 10.8. The van der Waals surface area contributed by atoms with Crippen LogP contribution in [0.1, 0.15) is 29.7 Å². The third-order valence-corrected chi connectivity index (χ3v) is 4.34. The molecular formula is C15H12N4O. The maximum absolute atomic E-state index is 12.6. The molecule has 0 saturated heterocycles. The van der Waals surface area contributed by atoms with Gasteiger partial charge in [0.1, 0.15) is 5.41 Å². The first-order valence-electron chi connectivity index (χ1n) is 6.62. The predicted molar refractivity (Wildman–Crippen MR) is 72.0 cm³/mol. The van der Waals surface area contributed by atoms with Crippen molar-refractivity contribution in [2.75, 3.05) is 5.32 Å². The normalized spacial score (nSPS) is 23.1. The van der Waals surface area contributed by atoms with Crippen LogP contribution in [0.15, 0.2) is 30.7 Å². The molecule has 3 heterocycles. The molecule has 1 atom stereocenters. The van der Waals surface area contributed by atoms with Gasteiger partial charge in [-0.25, -0.2) is 4.98 Å². The molecule has 1 N–H and O–H groups in total. The predicted octanol–water partition coefficient (Wildman–Crippen LogP) is 1.79. The molecule has 0 fully saturated rings. The molecule has 5 heteroatoms. The van der Waals surface area contributed by atoms with E-state index in [0.717, 1.165) is 36.3 Å². The molecule has 0 bridgehead atoms. The Balaban J connectivity index is 1.99. The molecule has 1 unspecified atom stereocenters. The summed E-state index contributed by atoms with van der Waals surface area (Å²) in [6.07, 6.45) is 5.29. The maximum atomic E-state index is 12.6. The van der Waals surface area contributed by atoms with E-state index in [0.29, 0.717) is 5.56 Å². The zero-order valence-corrected chi connectivity index (χ0v) is 10.8. The van der Waals surface area contributed by atoms with Crippen LogP contribution in [0.25, 0.3) is 0 Å². The minimum absolute atomic E-state index is 0.0101. The molecule has 1 aromatic carbocycles. The Bertz CT molecular complexity index is 770. The fraction of sp³-hybridized carbons (Fsp3) is 0.267. The highest BCUT2D eigenvalue weighted by Crippen LogP contribution is 2.47. The van der Waals surface area contributed by atoms with Crippen LogP contribution < -0.4 is 5.32 Å².